The molecule has 11 heavy (non-hydrogen) atoms. The predicted octanol–water partition coefficient (Wildman–Crippen LogP) is 2.51. The van der Waals surface area contributed by atoms with Crippen LogP contribution in [-0.2, 0) is 9.53 Å². The molecule has 0 aromatic rings. The number of carbonyl (C=O) groups is 1. The Balaban J connectivity index is 2.74. The molecule has 1 heterocycles. The van der Waals surface area contributed by atoms with E-state index < -0.39 is 0 Å². The predicted molar refractivity (Wildman–Crippen MR) is 46.1 cm³/mol. The molecule has 0 amide bonds. The van der Waals surface area contributed by atoms with E-state index in [2.05, 4.69) is 22.9 Å². The molecular formula is C8H9BrO2. The minimum Gasteiger partial charge on any atom is -0.423 e. The molecule has 0 spiro atoms. The number of rotatable bonds is 2. The summed E-state index contributed by atoms with van der Waals surface area (Å²) in [6.07, 6.45) is 3.45. The first-order valence-corrected chi connectivity index (χ1v) is 4.42. The van der Waals surface area contributed by atoms with Crippen molar-refractivity contribution in [2.45, 2.75) is 19.8 Å². The van der Waals surface area contributed by atoms with Gasteiger partial charge in [0.05, 0.1) is 0 Å². The summed E-state index contributed by atoms with van der Waals surface area (Å²) in [6.45, 7) is 2.06. The average Bonchev–Trinajstić information content (AvgIpc) is 2.32. The number of hydrogen-bond acceptors (Lipinski definition) is 2. The molecule has 0 aliphatic carbocycles. The lowest BCUT2D eigenvalue weighted by molar-refractivity contribution is -0.132. The van der Waals surface area contributed by atoms with Crippen LogP contribution in [0.5, 0.6) is 0 Å². The maximum atomic E-state index is 10.7. The Bertz CT molecular complexity index is 228. The largest absolute Gasteiger partial charge is 0.423 e. The summed E-state index contributed by atoms with van der Waals surface area (Å²) in [5, 5.41) is 0. The Morgan fingerprint density at radius 3 is 3.00 bits per heavy atom. The second-order valence-electron chi connectivity index (χ2n) is 2.31. The highest BCUT2D eigenvalue weighted by Gasteiger charge is 2.17. The molecule has 0 unspecified atom stereocenters. The third-order valence-corrected chi connectivity index (χ3v) is 1.85. The second-order valence-corrected chi connectivity index (χ2v) is 2.77. The molecule has 2 nitrogen and oxygen atoms in total. The zero-order valence-corrected chi connectivity index (χ0v) is 7.85. The summed E-state index contributed by atoms with van der Waals surface area (Å²) >= 11 is 3.13. The monoisotopic (exact) mass is 216 g/mol. The minimum atomic E-state index is -0.265. The maximum Gasteiger partial charge on any atom is 0.336 e. The summed E-state index contributed by atoms with van der Waals surface area (Å²) < 4.78 is 4.86. The van der Waals surface area contributed by atoms with Crippen LogP contribution < -0.4 is 0 Å². The van der Waals surface area contributed by atoms with Crippen molar-refractivity contribution in [3.8, 4) is 0 Å². The summed E-state index contributed by atoms with van der Waals surface area (Å²) in [5.74, 6) is 0.385. The van der Waals surface area contributed by atoms with Crippen LogP contribution in [0.2, 0.25) is 0 Å². The van der Waals surface area contributed by atoms with Crippen molar-refractivity contribution in [3.05, 3.63) is 22.4 Å². The molecule has 3 heteroatoms. The van der Waals surface area contributed by atoms with Crippen LogP contribution >= 0.6 is 15.9 Å². The zero-order valence-electron chi connectivity index (χ0n) is 6.26. The lowest BCUT2D eigenvalue weighted by atomic mass is 10.1. The van der Waals surface area contributed by atoms with E-state index >= 15 is 0 Å². The maximum absolute atomic E-state index is 10.7. The number of carbonyl (C=O) groups excluding carboxylic acids is 1. The van der Waals surface area contributed by atoms with Crippen LogP contribution in [0, 0.1) is 0 Å². The van der Waals surface area contributed by atoms with Crippen LogP contribution in [0.3, 0.4) is 0 Å². The van der Waals surface area contributed by atoms with Gasteiger partial charge >= 0.3 is 5.97 Å². The van der Waals surface area contributed by atoms with Gasteiger partial charge in [-0.15, -0.1) is 0 Å². The fraction of sp³-hybridized carbons (Fsp3) is 0.375. The number of ether oxygens (including phenoxy) is 1. The number of cyclic esters (lactones) is 1. The van der Waals surface area contributed by atoms with Crippen LogP contribution in [0.15, 0.2) is 22.4 Å². The van der Waals surface area contributed by atoms with Gasteiger partial charge in [0.2, 0.25) is 0 Å². The highest BCUT2D eigenvalue weighted by molar-refractivity contribution is 9.11. The Hall–Kier alpha value is -0.570. The van der Waals surface area contributed by atoms with Crippen molar-refractivity contribution in [3.63, 3.8) is 0 Å². The van der Waals surface area contributed by atoms with Gasteiger partial charge in [-0.1, -0.05) is 29.3 Å². The fourth-order valence-corrected chi connectivity index (χ4v) is 1.36. The van der Waals surface area contributed by atoms with Crippen LogP contribution in [0.25, 0.3) is 0 Å². The van der Waals surface area contributed by atoms with E-state index in [0.717, 1.165) is 18.4 Å². The van der Waals surface area contributed by atoms with Crippen LogP contribution in [-0.4, -0.2) is 5.97 Å². The van der Waals surface area contributed by atoms with Gasteiger partial charge < -0.3 is 4.74 Å². The van der Waals surface area contributed by atoms with Gasteiger partial charge in [0.25, 0.3) is 0 Å². The molecule has 0 aromatic carbocycles. The lowest BCUT2D eigenvalue weighted by Crippen LogP contribution is -1.89. The summed E-state index contributed by atoms with van der Waals surface area (Å²) in [7, 11) is 0. The van der Waals surface area contributed by atoms with Crippen LogP contribution in [0.4, 0.5) is 0 Å². The second kappa shape index (κ2) is 3.72. The van der Waals surface area contributed by atoms with Crippen molar-refractivity contribution in [1.82, 2.24) is 0 Å². The Labute approximate surface area is 74.1 Å². The molecule has 1 aliphatic rings. The first-order chi connectivity index (χ1) is 5.27. The van der Waals surface area contributed by atoms with E-state index in [1.807, 2.05) is 0 Å². The number of allylic oxidation sites excluding steroid dienone is 1. The summed E-state index contributed by atoms with van der Waals surface area (Å²) in [6, 6.07) is 0. The average molecular weight is 217 g/mol. The van der Waals surface area contributed by atoms with Crippen molar-refractivity contribution in [2.24, 2.45) is 0 Å². The number of esters is 1. The normalized spacial score (nSPS) is 20.4. The standard InChI is InChI=1S/C8H9BrO2/c1-2-3-6-4-8(10)11-7(6)5-9/h4-5H,2-3H2,1H3/b7-5-. The molecule has 0 saturated carbocycles. The number of halogens is 1. The van der Waals surface area contributed by atoms with Gasteiger partial charge in [0.15, 0.2) is 0 Å². The Morgan fingerprint density at radius 1 is 1.73 bits per heavy atom. The molecule has 0 fully saturated rings. The fourth-order valence-electron chi connectivity index (χ4n) is 0.974. The van der Waals surface area contributed by atoms with E-state index in [9.17, 15) is 4.79 Å². The van der Waals surface area contributed by atoms with Crippen molar-refractivity contribution < 1.29 is 9.53 Å². The topological polar surface area (TPSA) is 26.3 Å². The smallest absolute Gasteiger partial charge is 0.336 e. The first-order valence-electron chi connectivity index (χ1n) is 3.51. The van der Waals surface area contributed by atoms with E-state index in [4.69, 9.17) is 4.74 Å². The van der Waals surface area contributed by atoms with E-state index in [-0.39, 0.29) is 5.97 Å². The highest BCUT2D eigenvalue weighted by Crippen LogP contribution is 2.24. The third-order valence-electron chi connectivity index (χ3n) is 1.44. The molecule has 0 radical (unpaired) electrons. The molecule has 0 N–H and O–H groups in total. The molecule has 0 saturated heterocycles. The zero-order chi connectivity index (χ0) is 8.27. The van der Waals surface area contributed by atoms with Gasteiger partial charge in [-0.05, 0) is 6.42 Å². The van der Waals surface area contributed by atoms with Crippen molar-refractivity contribution >= 4 is 21.9 Å². The van der Waals surface area contributed by atoms with E-state index in [1.54, 1.807) is 4.99 Å². The lowest BCUT2D eigenvalue weighted by Gasteiger charge is -1.99. The molecule has 1 rings (SSSR count). The van der Waals surface area contributed by atoms with Gasteiger partial charge in [-0.25, -0.2) is 4.79 Å². The first kappa shape index (κ1) is 8.53. The Morgan fingerprint density at radius 2 is 2.45 bits per heavy atom. The Kier molecular flexibility index (Phi) is 2.88. The van der Waals surface area contributed by atoms with Gasteiger partial charge in [0.1, 0.15) is 5.76 Å². The third kappa shape index (κ3) is 1.93. The SMILES string of the molecule is CCCC1=CC(=O)O/C1=C\Br. The van der Waals surface area contributed by atoms with E-state index in [0.29, 0.717) is 5.76 Å². The minimum absolute atomic E-state index is 0.265. The van der Waals surface area contributed by atoms with Gasteiger partial charge in [-0.3, -0.25) is 0 Å². The van der Waals surface area contributed by atoms with Gasteiger partial charge in [-0.2, -0.15) is 0 Å². The van der Waals surface area contributed by atoms with E-state index in [1.165, 1.54) is 6.08 Å². The quantitative estimate of drug-likeness (QED) is 0.664. The molecule has 1 aliphatic heterocycles. The van der Waals surface area contributed by atoms with Crippen molar-refractivity contribution in [1.29, 1.82) is 0 Å². The van der Waals surface area contributed by atoms with Crippen molar-refractivity contribution in [2.75, 3.05) is 0 Å². The van der Waals surface area contributed by atoms with Gasteiger partial charge in [0, 0.05) is 16.6 Å². The molecule has 0 aromatic heterocycles. The molecular weight excluding hydrogens is 208 g/mol. The molecule has 0 atom stereocenters. The van der Waals surface area contributed by atoms with Crippen LogP contribution in [0.1, 0.15) is 19.8 Å². The number of hydrogen-bond donors (Lipinski definition) is 0. The summed E-state index contributed by atoms with van der Waals surface area (Å²) in [5.41, 5.74) is 0.981. The summed E-state index contributed by atoms with van der Waals surface area (Å²) in [4.78, 5) is 12.4. The highest BCUT2D eigenvalue weighted by atomic mass is 79.9. The molecule has 60 valence electrons. The molecule has 0 bridgehead atoms.